The molecular weight excluding hydrogens is 741 g/mol. The van der Waals surface area contributed by atoms with Gasteiger partial charge in [0, 0.05) is 38.5 Å². The maximum absolute atomic E-state index is 5.06. The van der Waals surface area contributed by atoms with Crippen molar-refractivity contribution in [2.75, 3.05) is 0 Å². The lowest BCUT2D eigenvalue weighted by atomic mass is 9.97. The van der Waals surface area contributed by atoms with E-state index in [1.165, 1.54) is 59.7 Å². The number of fused-ring (bicyclic) bond motifs is 7. The van der Waals surface area contributed by atoms with Gasteiger partial charge in [-0.05, 0) is 73.5 Å². The molecule has 4 nitrogen and oxygen atoms in total. The van der Waals surface area contributed by atoms with Gasteiger partial charge in [-0.2, -0.15) is 0 Å². The van der Waals surface area contributed by atoms with Crippen molar-refractivity contribution in [3.63, 3.8) is 0 Å². The van der Waals surface area contributed by atoms with E-state index >= 15 is 0 Å². The van der Waals surface area contributed by atoms with E-state index in [0.717, 1.165) is 39.1 Å². The normalized spacial score (nSPS) is 11.6. The van der Waals surface area contributed by atoms with Gasteiger partial charge in [0.2, 0.25) is 0 Å². The van der Waals surface area contributed by atoms with Crippen LogP contribution in [0.2, 0.25) is 0 Å². The molecule has 0 N–H and O–H groups in total. The Labute approximate surface area is 352 Å². The Hall–Kier alpha value is -8.21. The highest BCUT2D eigenvalue weighted by molar-refractivity contribution is 6.20. The Morgan fingerprint density at radius 2 is 0.754 bits per heavy atom. The van der Waals surface area contributed by atoms with Gasteiger partial charge in [0.05, 0.1) is 11.0 Å². The van der Waals surface area contributed by atoms with E-state index < -0.39 is 0 Å². The van der Waals surface area contributed by atoms with Crippen molar-refractivity contribution in [1.82, 2.24) is 19.5 Å². The summed E-state index contributed by atoms with van der Waals surface area (Å²) in [6.07, 6.45) is 0. The minimum Gasteiger partial charge on any atom is -0.309 e. The van der Waals surface area contributed by atoms with Crippen LogP contribution in [0.5, 0.6) is 0 Å². The molecule has 0 saturated carbocycles. The summed E-state index contributed by atoms with van der Waals surface area (Å²) in [6, 6.07) is 77.7. The average molecular weight is 777 g/mol. The molecule has 2 heterocycles. The third kappa shape index (κ3) is 6.04. The molecule has 0 amide bonds. The van der Waals surface area contributed by atoms with Crippen LogP contribution < -0.4 is 0 Å². The molecule has 10 aromatic carbocycles. The Balaban J connectivity index is 0.904. The summed E-state index contributed by atoms with van der Waals surface area (Å²) in [5.74, 6) is 1.91. The molecule has 0 unspecified atom stereocenters. The molecule has 0 aliphatic carbocycles. The number of hydrogen-bond acceptors (Lipinski definition) is 3. The Bertz CT molecular complexity index is 3600. The zero-order valence-corrected chi connectivity index (χ0v) is 33.1. The standard InChI is InChI=1S/C57H36N4/c1-2-13-42(14-3-1)55-58-56(60-57(59-55)44-27-23-41(24-28-44)49-20-10-17-39-11-6-8-18-48(39)49)43-25-21-37(22-26-43)38-29-32-47(33-30-38)61-53-36-46-16-5-4-15-45(46)35-52(53)51-34-31-40-12-7-9-19-50(40)54(51)61/h1-36H. The van der Waals surface area contributed by atoms with E-state index in [9.17, 15) is 0 Å². The van der Waals surface area contributed by atoms with Gasteiger partial charge in [-0.1, -0.05) is 194 Å². The van der Waals surface area contributed by atoms with Crippen LogP contribution >= 0.6 is 0 Å². The molecule has 0 aliphatic rings. The van der Waals surface area contributed by atoms with E-state index in [1.54, 1.807) is 0 Å². The van der Waals surface area contributed by atoms with Crippen LogP contribution in [0.4, 0.5) is 0 Å². The third-order valence-corrected chi connectivity index (χ3v) is 12.0. The summed E-state index contributed by atoms with van der Waals surface area (Å²) in [6.45, 7) is 0. The van der Waals surface area contributed by atoms with Gasteiger partial charge in [0.15, 0.2) is 17.5 Å². The van der Waals surface area contributed by atoms with Crippen molar-refractivity contribution in [2.45, 2.75) is 0 Å². The van der Waals surface area contributed by atoms with Crippen molar-refractivity contribution in [3.05, 3.63) is 218 Å². The van der Waals surface area contributed by atoms with E-state index in [1.807, 2.05) is 30.3 Å². The van der Waals surface area contributed by atoms with Crippen LogP contribution in [0.1, 0.15) is 0 Å². The summed E-state index contributed by atoms with van der Waals surface area (Å²) in [5.41, 5.74) is 11.0. The summed E-state index contributed by atoms with van der Waals surface area (Å²) < 4.78 is 2.44. The van der Waals surface area contributed by atoms with Gasteiger partial charge in [0.25, 0.3) is 0 Å². The minimum atomic E-state index is 0.634. The van der Waals surface area contributed by atoms with E-state index in [-0.39, 0.29) is 0 Å². The van der Waals surface area contributed by atoms with Crippen molar-refractivity contribution in [1.29, 1.82) is 0 Å². The SMILES string of the molecule is c1ccc(-c2nc(-c3ccc(-c4ccc(-n5c6cc7ccccc7cc6c6ccc7ccccc7c65)cc4)cc3)nc(-c3ccc(-c4cccc5ccccc45)cc3)n2)cc1. The summed E-state index contributed by atoms with van der Waals surface area (Å²) >= 11 is 0. The maximum atomic E-state index is 5.06. The van der Waals surface area contributed by atoms with Gasteiger partial charge in [-0.3, -0.25) is 0 Å². The van der Waals surface area contributed by atoms with Crippen LogP contribution in [0.25, 0.3) is 116 Å². The van der Waals surface area contributed by atoms with Gasteiger partial charge < -0.3 is 4.57 Å². The lowest BCUT2D eigenvalue weighted by molar-refractivity contribution is 1.07. The first kappa shape index (κ1) is 34.8. The maximum Gasteiger partial charge on any atom is 0.164 e. The monoisotopic (exact) mass is 776 g/mol. The highest BCUT2D eigenvalue weighted by Gasteiger charge is 2.17. The first-order valence-corrected chi connectivity index (χ1v) is 20.7. The molecule has 2 aromatic heterocycles. The molecule has 0 radical (unpaired) electrons. The molecule has 0 atom stereocenters. The number of rotatable bonds is 6. The van der Waals surface area contributed by atoms with Crippen molar-refractivity contribution in [3.8, 4) is 62.1 Å². The first-order valence-electron chi connectivity index (χ1n) is 20.7. The van der Waals surface area contributed by atoms with Crippen molar-refractivity contribution < 1.29 is 0 Å². The van der Waals surface area contributed by atoms with Crippen LogP contribution in [0, 0.1) is 0 Å². The quantitative estimate of drug-likeness (QED) is 0.169. The highest BCUT2D eigenvalue weighted by Crippen LogP contribution is 2.39. The fourth-order valence-corrected chi connectivity index (χ4v) is 8.97. The molecule has 61 heavy (non-hydrogen) atoms. The topological polar surface area (TPSA) is 43.6 Å². The van der Waals surface area contributed by atoms with E-state index in [4.69, 9.17) is 15.0 Å². The second-order valence-electron chi connectivity index (χ2n) is 15.6. The molecule has 284 valence electrons. The van der Waals surface area contributed by atoms with Gasteiger partial charge in [-0.15, -0.1) is 0 Å². The zero-order chi connectivity index (χ0) is 40.3. The van der Waals surface area contributed by atoms with Gasteiger partial charge in [-0.25, -0.2) is 15.0 Å². The zero-order valence-electron chi connectivity index (χ0n) is 33.1. The predicted octanol–water partition coefficient (Wildman–Crippen LogP) is 14.8. The fraction of sp³-hybridized carbons (Fsp3) is 0. The van der Waals surface area contributed by atoms with E-state index in [2.05, 4.69) is 193 Å². The Morgan fingerprint density at radius 3 is 1.41 bits per heavy atom. The first-order chi connectivity index (χ1) is 30.2. The molecule has 0 fully saturated rings. The second kappa shape index (κ2) is 14.3. The molecule has 12 rings (SSSR count). The van der Waals surface area contributed by atoms with E-state index in [0.29, 0.717) is 17.5 Å². The number of hydrogen-bond donors (Lipinski definition) is 0. The molecule has 0 spiro atoms. The molecule has 12 aromatic rings. The molecule has 0 bridgehead atoms. The summed E-state index contributed by atoms with van der Waals surface area (Å²) in [5, 5.41) is 9.93. The number of benzene rings is 10. The highest BCUT2D eigenvalue weighted by atomic mass is 15.0. The fourth-order valence-electron chi connectivity index (χ4n) is 8.97. The lowest BCUT2D eigenvalue weighted by Crippen LogP contribution is -2.00. The minimum absolute atomic E-state index is 0.634. The lowest BCUT2D eigenvalue weighted by Gasteiger charge is -2.12. The van der Waals surface area contributed by atoms with Gasteiger partial charge in [0.1, 0.15) is 0 Å². The van der Waals surface area contributed by atoms with Crippen LogP contribution in [-0.4, -0.2) is 19.5 Å². The molecular formula is C57H36N4. The third-order valence-electron chi connectivity index (χ3n) is 12.0. The molecule has 4 heteroatoms. The largest absolute Gasteiger partial charge is 0.309 e. The van der Waals surface area contributed by atoms with Crippen molar-refractivity contribution >= 4 is 54.1 Å². The van der Waals surface area contributed by atoms with Gasteiger partial charge >= 0.3 is 0 Å². The smallest absolute Gasteiger partial charge is 0.164 e. The predicted molar refractivity (Wildman–Crippen MR) is 254 cm³/mol. The van der Waals surface area contributed by atoms with Crippen LogP contribution in [0.15, 0.2) is 218 Å². The second-order valence-corrected chi connectivity index (χ2v) is 15.6. The summed E-state index contributed by atoms with van der Waals surface area (Å²) in [4.78, 5) is 15.1. The molecule has 0 saturated heterocycles. The van der Waals surface area contributed by atoms with Crippen molar-refractivity contribution in [2.24, 2.45) is 0 Å². The Kier molecular flexibility index (Phi) is 8.13. The van der Waals surface area contributed by atoms with Crippen LogP contribution in [-0.2, 0) is 0 Å². The average Bonchev–Trinajstić information content (AvgIpc) is 3.67. The molecule has 0 aliphatic heterocycles. The van der Waals surface area contributed by atoms with Crippen LogP contribution in [0.3, 0.4) is 0 Å². The number of aromatic nitrogens is 4. The number of nitrogens with zero attached hydrogens (tertiary/aromatic N) is 4. The summed E-state index contributed by atoms with van der Waals surface area (Å²) in [7, 11) is 0. The Morgan fingerprint density at radius 1 is 0.279 bits per heavy atom.